The number of rotatable bonds is 3. The van der Waals surface area contributed by atoms with Crippen molar-refractivity contribution in [2.45, 2.75) is 0 Å². The van der Waals surface area contributed by atoms with Crippen LogP contribution < -0.4 is 16.6 Å². The number of halogens is 1. The van der Waals surface area contributed by atoms with E-state index in [1.165, 1.54) is 6.21 Å². The molecule has 0 aliphatic carbocycles. The highest BCUT2D eigenvalue weighted by atomic mass is 35.5. The summed E-state index contributed by atoms with van der Waals surface area (Å²) in [6, 6.07) is 9.68. The second-order valence-electron chi connectivity index (χ2n) is 2.75. The zero-order chi connectivity index (χ0) is 11.1. The van der Waals surface area contributed by atoms with Crippen molar-refractivity contribution < 1.29 is 5.10 Å². The Hall–Kier alpha value is -1.81. The molecule has 5 N–H and O–H groups in total. The highest BCUT2D eigenvalue weighted by molar-refractivity contribution is 6.40. The Bertz CT molecular complexity index is 391. The van der Waals surface area contributed by atoms with Gasteiger partial charge in [0, 0.05) is 5.10 Å². The van der Waals surface area contributed by atoms with Crippen LogP contribution in [0.1, 0.15) is 5.56 Å². The normalized spacial score (nSPS) is 11.7. The molecule has 0 aromatic heterocycles. The Morgan fingerprint density at radius 1 is 1.27 bits per heavy atom. The molecule has 78 valence electrons. The summed E-state index contributed by atoms with van der Waals surface area (Å²) in [5.41, 5.74) is 11.2. The largest absolute Gasteiger partial charge is 0.365 e. The van der Waals surface area contributed by atoms with E-state index in [9.17, 15) is 0 Å². The number of hydrogen-bond acceptors (Lipinski definition) is 1. The molecule has 0 spiro atoms. The number of benzene rings is 1. The molecule has 0 aliphatic rings. The lowest BCUT2D eigenvalue weighted by Crippen LogP contribution is -2.63. The van der Waals surface area contributed by atoms with Gasteiger partial charge in [-0.2, -0.15) is 0 Å². The monoisotopic (exact) mass is 223 g/mol. The SMILES string of the molecule is NC(N)=N/[NH+]=C/C(Cl)=C/c1ccccc1. The molecule has 0 amide bonds. The molecule has 0 saturated heterocycles. The van der Waals surface area contributed by atoms with E-state index in [0.717, 1.165) is 5.56 Å². The molecule has 0 fully saturated rings. The predicted octanol–water partition coefficient (Wildman–Crippen LogP) is -0.394. The smallest absolute Gasteiger partial charge is 0.256 e. The van der Waals surface area contributed by atoms with Gasteiger partial charge in [0.1, 0.15) is 5.03 Å². The van der Waals surface area contributed by atoms with E-state index in [1.54, 1.807) is 6.08 Å². The molecule has 0 saturated carbocycles. The van der Waals surface area contributed by atoms with Gasteiger partial charge in [0.05, 0.1) is 0 Å². The van der Waals surface area contributed by atoms with Crippen molar-refractivity contribution in [2.24, 2.45) is 16.6 Å². The van der Waals surface area contributed by atoms with Crippen molar-refractivity contribution in [2.75, 3.05) is 0 Å². The molecule has 1 aromatic carbocycles. The van der Waals surface area contributed by atoms with Gasteiger partial charge in [0.15, 0.2) is 0 Å². The van der Waals surface area contributed by atoms with Crippen LogP contribution in [-0.2, 0) is 0 Å². The van der Waals surface area contributed by atoms with E-state index < -0.39 is 0 Å². The molecule has 0 unspecified atom stereocenters. The topological polar surface area (TPSA) is 78.4 Å². The van der Waals surface area contributed by atoms with Gasteiger partial charge in [-0.1, -0.05) is 41.9 Å². The molecule has 0 aliphatic heterocycles. The first-order valence-corrected chi connectivity index (χ1v) is 4.66. The minimum absolute atomic E-state index is 0.0459. The lowest BCUT2D eigenvalue weighted by Gasteiger charge is -1.89. The average Bonchev–Trinajstić information content (AvgIpc) is 2.18. The van der Waals surface area contributed by atoms with Crippen LogP contribution in [-0.4, -0.2) is 12.2 Å². The number of nitrogens with zero attached hydrogens (tertiary/aromatic N) is 1. The third kappa shape index (κ3) is 4.83. The second kappa shape index (κ2) is 5.82. The van der Waals surface area contributed by atoms with E-state index >= 15 is 0 Å². The Labute approximate surface area is 92.9 Å². The highest BCUT2D eigenvalue weighted by Crippen LogP contribution is 2.06. The van der Waals surface area contributed by atoms with Crippen LogP contribution in [0.2, 0.25) is 0 Å². The van der Waals surface area contributed by atoms with Crippen molar-refractivity contribution in [3.05, 3.63) is 40.9 Å². The Morgan fingerprint density at radius 2 is 1.93 bits per heavy atom. The molecule has 15 heavy (non-hydrogen) atoms. The van der Waals surface area contributed by atoms with Gasteiger partial charge < -0.3 is 11.5 Å². The van der Waals surface area contributed by atoms with E-state index in [0.29, 0.717) is 5.03 Å². The predicted molar refractivity (Wildman–Crippen MR) is 63.1 cm³/mol. The molecule has 4 nitrogen and oxygen atoms in total. The summed E-state index contributed by atoms with van der Waals surface area (Å²) in [5.74, 6) is -0.0459. The maximum absolute atomic E-state index is 5.89. The van der Waals surface area contributed by atoms with Crippen molar-refractivity contribution in [3.8, 4) is 0 Å². The zero-order valence-corrected chi connectivity index (χ0v) is 8.78. The molecule has 1 aromatic rings. The Morgan fingerprint density at radius 3 is 2.53 bits per heavy atom. The van der Waals surface area contributed by atoms with Crippen LogP contribution in [0.25, 0.3) is 6.08 Å². The maximum Gasteiger partial charge on any atom is 0.256 e. The molecule has 0 radical (unpaired) electrons. The summed E-state index contributed by atoms with van der Waals surface area (Å²) in [6.07, 6.45) is 3.28. The van der Waals surface area contributed by atoms with Gasteiger partial charge in [-0.3, -0.25) is 0 Å². The minimum atomic E-state index is -0.0459. The third-order valence-electron chi connectivity index (χ3n) is 1.50. The van der Waals surface area contributed by atoms with Crippen LogP contribution in [0.4, 0.5) is 0 Å². The summed E-state index contributed by atoms with van der Waals surface area (Å²) in [4.78, 5) is 0. The number of allylic oxidation sites excluding steroid dienone is 1. The first-order chi connectivity index (χ1) is 7.18. The molecule has 1 rings (SSSR count). The molecule has 0 atom stereocenters. The van der Waals surface area contributed by atoms with Crippen LogP contribution in [0.15, 0.2) is 40.5 Å². The summed E-state index contributed by atoms with van der Waals surface area (Å²) < 4.78 is 0. The van der Waals surface area contributed by atoms with E-state index in [2.05, 4.69) is 10.2 Å². The fourth-order valence-corrected chi connectivity index (χ4v) is 1.09. The highest BCUT2D eigenvalue weighted by Gasteiger charge is 1.92. The number of hydrazone groups is 1. The van der Waals surface area contributed by atoms with Crippen LogP contribution in [0, 0.1) is 0 Å². The summed E-state index contributed by atoms with van der Waals surface area (Å²) in [5, 5.41) is 6.57. The molecular weight excluding hydrogens is 212 g/mol. The first kappa shape index (κ1) is 11.3. The number of hydrogen-bond donors (Lipinski definition) is 3. The molecule has 0 bridgehead atoms. The number of guanidine groups is 1. The van der Waals surface area contributed by atoms with Gasteiger partial charge >= 0.3 is 0 Å². The Balaban J connectivity index is 2.69. The van der Waals surface area contributed by atoms with Crippen molar-refractivity contribution in [3.63, 3.8) is 0 Å². The fourth-order valence-electron chi connectivity index (χ4n) is 0.919. The van der Waals surface area contributed by atoms with E-state index in [-0.39, 0.29) is 5.96 Å². The third-order valence-corrected chi connectivity index (χ3v) is 1.72. The Kier molecular flexibility index (Phi) is 4.37. The fraction of sp³-hybridized carbons (Fsp3) is 0. The van der Waals surface area contributed by atoms with Crippen LogP contribution in [0.5, 0.6) is 0 Å². The second-order valence-corrected chi connectivity index (χ2v) is 3.19. The molecule has 0 heterocycles. The number of nitrogens with two attached hydrogens (primary N) is 2. The van der Waals surface area contributed by atoms with Crippen molar-refractivity contribution in [1.29, 1.82) is 0 Å². The van der Waals surface area contributed by atoms with E-state index in [4.69, 9.17) is 23.1 Å². The lowest BCUT2D eigenvalue weighted by atomic mass is 10.2. The van der Waals surface area contributed by atoms with Gasteiger partial charge in [-0.15, -0.1) is 5.10 Å². The summed E-state index contributed by atoms with van der Waals surface area (Å²) >= 11 is 5.89. The van der Waals surface area contributed by atoms with Gasteiger partial charge in [0.25, 0.3) is 5.96 Å². The molecule has 5 heteroatoms. The minimum Gasteiger partial charge on any atom is -0.365 e. The van der Waals surface area contributed by atoms with Crippen molar-refractivity contribution >= 4 is 29.9 Å². The van der Waals surface area contributed by atoms with Crippen LogP contribution >= 0.6 is 11.6 Å². The van der Waals surface area contributed by atoms with Gasteiger partial charge in [-0.25, -0.2) is 0 Å². The maximum atomic E-state index is 5.89. The van der Waals surface area contributed by atoms with Crippen LogP contribution in [0.3, 0.4) is 0 Å². The van der Waals surface area contributed by atoms with E-state index in [1.807, 2.05) is 30.3 Å². The van der Waals surface area contributed by atoms with Gasteiger partial charge in [0.2, 0.25) is 6.21 Å². The number of nitrogens with one attached hydrogen (secondary N) is 1. The molecular formula is C10H12ClN4+. The average molecular weight is 224 g/mol. The first-order valence-electron chi connectivity index (χ1n) is 4.28. The van der Waals surface area contributed by atoms with Crippen molar-refractivity contribution in [1.82, 2.24) is 0 Å². The van der Waals surface area contributed by atoms with Gasteiger partial charge in [-0.05, 0) is 11.6 Å². The standard InChI is InChI=1S/C10H11ClN4/c11-9(7-14-15-10(12)13)6-8-4-2-1-3-5-8/h1-7H,(H4,12,13,15)/p+1/b9-6-,14-7+. The quantitative estimate of drug-likeness (QED) is 0.371. The summed E-state index contributed by atoms with van der Waals surface area (Å²) in [7, 11) is 0. The summed E-state index contributed by atoms with van der Waals surface area (Å²) in [6.45, 7) is 0. The lowest BCUT2D eigenvalue weighted by molar-refractivity contribution is -0.456. The zero-order valence-electron chi connectivity index (χ0n) is 8.02.